The maximum absolute atomic E-state index is 11.0. The number of ether oxygens (including phenoxy) is 2. The van der Waals surface area contributed by atoms with E-state index in [0.717, 1.165) is 11.8 Å². The van der Waals surface area contributed by atoms with Gasteiger partial charge in [0.05, 0.1) is 5.92 Å². The molecule has 76 valence electrons. The molecule has 5 heteroatoms. The number of hydrogen-bond acceptors (Lipinski definition) is 5. The van der Waals surface area contributed by atoms with Gasteiger partial charge in [-0.2, -0.15) is 0 Å². The molecule has 0 aliphatic carbocycles. The van der Waals surface area contributed by atoms with Crippen molar-refractivity contribution in [3.05, 3.63) is 0 Å². The summed E-state index contributed by atoms with van der Waals surface area (Å²) in [7, 11) is 0. The van der Waals surface area contributed by atoms with Crippen LogP contribution in [0.1, 0.15) is 20.8 Å². The Labute approximate surface area is 82.0 Å². The molecule has 0 unspecified atom stereocenters. The average molecular weight is 206 g/mol. The van der Waals surface area contributed by atoms with Crippen LogP contribution in [-0.2, 0) is 14.3 Å². The molecule has 0 aliphatic heterocycles. The standard InChI is InChI=1S/C8H14O4S/c1-5(2)7(9)11-6(3)12-8(10)13-4/h5-6H,1-4H3/t6-/m1/s1. The molecule has 4 nitrogen and oxygen atoms in total. The van der Waals surface area contributed by atoms with Crippen LogP contribution >= 0.6 is 11.8 Å². The van der Waals surface area contributed by atoms with Crippen molar-refractivity contribution in [3.8, 4) is 0 Å². The van der Waals surface area contributed by atoms with Gasteiger partial charge in [-0.05, 0) is 18.0 Å². The van der Waals surface area contributed by atoms with Crippen LogP contribution in [-0.4, -0.2) is 23.8 Å². The van der Waals surface area contributed by atoms with Crippen molar-refractivity contribution in [2.75, 3.05) is 6.26 Å². The first kappa shape index (κ1) is 12.3. The fraction of sp³-hybridized carbons (Fsp3) is 0.750. The summed E-state index contributed by atoms with van der Waals surface area (Å²) in [4.78, 5) is 21.7. The van der Waals surface area contributed by atoms with E-state index in [2.05, 4.69) is 0 Å². The van der Waals surface area contributed by atoms with Gasteiger partial charge in [-0.25, -0.2) is 4.79 Å². The van der Waals surface area contributed by atoms with Crippen molar-refractivity contribution < 1.29 is 19.1 Å². The van der Waals surface area contributed by atoms with Gasteiger partial charge in [-0.3, -0.25) is 4.79 Å². The molecule has 0 N–H and O–H groups in total. The average Bonchev–Trinajstić information content (AvgIpc) is 2.03. The summed E-state index contributed by atoms with van der Waals surface area (Å²) in [5, 5.41) is -0.455. The highest BCUT2D eigenvalue weighted by Crippen LogP contribution is 2.06. The minimum atomic E-state index is -0.810. The van der Waals surface area contributed by atoms with Crippen LogP contribution in [0.15, 0.2) is 0 Å². The van der Waals surface area contributed by atoms with Crippen LogP contribution < -0.4 is 0 Å². The van der Waals surface area contributed by atoms with Crippen molar-refractivity contribution in [1.29, 1.82) is 0 Å². The SMILES string of the molecule is CSC(=O)O[C@H](C)OC(=O)C(C)C. The van der Waals surface area contributed by atoms with E-state index in [9.17, 15) is 9.59 Å². The Morgan fingerprint density at radius 1 is 1.15 bits per heavy atom. The molecule has 0 heterocycles. The van der Waals surface area contributed by atoms with Gasteiger partial charge in [-0.15, -0.1) is 0 Å². The topological polar surface area (TPSA) is 52.6 Å². The van der Waals surface area contributed by atoms with Crippen molar-refractivity contribution >= 4 is 23.0 Å². The summed E-state index contributed by atoms with van der Waals surface area (Å²) in [6, 6.07) is 0. The third-order valence-electron chi connectivity index (χ3n) is 1.18. The summed E-state index contributed by atoms with van der Waals surface area (Å²) in [6.45, 7) is 4.94. The zero-order valence-electron chi connectivity index (χ0n) is 8.20. The lowest BCUT2D eigenvalue weighted by atomic mass is 10.2. The second-order valence-electron chi connectivity index (χ2n) is 2.73. The molecule has 0 saturated carbocycles. The Kier molecular flexibility index (Phi) is 5.53. The molecule has 0 bridgehead atoms. The number of thioether (sulfide) groups is 1. The van der Waals surface area contributed by atoms with Crippen molar-refractivity contribution in [1.82, 2.24) is 0 Å². The Hall–Kier alpha value is -0.710. The van der Waals surface area contributed by atoms with Gasteiger partial charge in [0.15, 0.2) is 0 Å². The van der Waals surface area contributed by atoms with Crippen LogP contribution in [0.2, 0.25) is 0 Å². The highest BCUT2D eigenvalue weighted by molar-refractivity contribution is 8.12. The second kappa shape index (κ2) is 5.85. The summed E-state index contributed by atoms with van der Waals surface area (Å²) < 4.78 is 9.49. The van der Waals surface area contributed by atoms with Gasteiger partial charge < -0.3 is 9.47 Å². The second-order valence-corrected chi connectivity index (χ2v) is 3.47. The summed E-state index contributed by atoms with van der Waals surface area (Å²) in [5.74, 6) is -0.586. The molecule has 0 aromatic heterocycles. The van der Waals surface area contributed by atoms with E-state index in [0.29, 0.717) is 0 Å². The first-order valence-corrected chi connectivity index (χ1v) is 5.15. The Morgan fingerprint density at radius 3 is 2.08 bits per heavy atom. The zero-order valence-corrected chi connectivity index (χ0v) is 9.01. The molecule has 0 radical (unpaired) electrons. The summed E-state index contributed by atoms with van der Waals surface area (Å²) in [6.07, 6.45) is 0.786. The maximum atomic E-state index is 11.0. The van der Waals surface area contributed by atoms with Crippen molar-refractivity contribution in [2.24, 2.45) is 5.92 Å². The number of carbonyl (C=O) groups excluding carboxylic acids is 2. The summed E-state index contributed by atoms with van der Waals surface area (Å²) in [5.41, 5.74) is 0. The molecule has 1 atom stereocenters. The van der Waals surface area contributed by atoms with Crippen LogP contribution in [0.25, 0.3) is 0 Å². The normalized spacial score (nSPS) is 12.4. The molecule has 0 aromatic rings. The highest BCUT2D eigenvalue weighted by Gasteiger charge is 2.15. The van der Waals surface area contributed by atoms with E-state index in [1.807, 2.05) is 0 Å². The first-order valence-electron chi connectivity index (χ1n) is 3.92. The molecule has 0 saturated heterocycles. The lowest BCUT2D eigenvalue weighted by Gasteiger charge is -2.14. The van der Waals surface area contributed by atoms with E-state index >= 15 is 0 Å². The molecule has 0 amide bonds. The van der Waals surface area contributed by atoms with Crippen LogP contribution in [0.3, 0.4) is 0 Å². The number of esters is 1. The Balaban J connectivity index is 3.80. The van der Waals surface area contributed by atoms with Crippen LogP contribution in [0, 0.1) is 5.92 Å². The van der Waals surface area contributed by atoms with E-state index in [-0.39, 0.29) is 11.9 Å². The minimum absolute atomic E-state index is 0.213. The maximum Gasteiger partial charge on any atom is 0.370 e. The minimum Gasteiger partial charge on any atom is -0.425 e. The monoisotopic (exact) mass is 206 g/mol. The van der Waals surface area contributed by atoms with Gasteiger partial charge in [-0.1, -0.05) is 13.8 Å². The zero-order chi connectivity index (χ0) is 10.4. The lowest BCUT2D eigenvalue weighted by Crippen LogP contribution is -2.22. The largest absolute Gasteiger partial charge is 0.425 e. The predicted octanol–water partition coefficient (Wildman–Crippen LogP) is 2.03. The fourth-order valence-electron chi connectivity index (χ4n) is 0.507. The van der Waals surface area contributed by atoms with Gasteiger partial charge in [0.25, 0.3) is 0 Å². The first-order chi connectivity index (χ1) is 5.97. The predicted molar refractivity (Wildman–Crippen MR) is 50.4 cm³/mol. The van der Waals surface area contributed by atoms with Crippen LogP contribution in [0.5, 0.6) is 0 Å². The van der Waals surface area contributed by atoms with E-state index in [4.69, 9.17) is 9.47 Å². The fourth-order valence-corrected chi connectivity index (χ4v) is 0.739. The number of hydrogen-bond donors (Lipinski definition) is 0. The van der Waals surface area contributed by atoms with Gasteiger partial charge >= 0.3 is 11.3 Å². The molecule has 0 spiro atoms. The van der Waals surface area contributed by atoms with E-state index in [1.165, 1.54) is 6.92 Å². The highest BCUT2D eigenvalue weighted by atomic mass is 32.2. The third kappa shape index (κ3) is 5.52. The van der Waals surface area contributed by atoms with E-state index < -0.39 is 11.6 Å². The van der Waals surface area contributed by atoms with Gasteiger partial charge in [0.1, 0.15) is 0 Å². The molecule has 0 aromatic carbocycles. The molecule has 13 heavy (non-hydrogen) atoms. The number of carbonyl (C=O) groups is 2. The molecule has 0 rings (SSSR count). The Bertz CT molecular complexity index is 191. The molecule has 0 aliphatic rings. The van der Waals surface area contributed by atoms with Crippen molar-refractivity contribution in [2.45, 2.75) is 27.1 Å². The van der Waals surface area contributed by atoms with Crippen molar-refractivity contribution in [3.63, 3.8) is 0 Å². The van der Waals surface area contributed by atoms with Crippen LogP contribution in [0.4, 0.5) is 4.79 Å². The van der Waals surface area contributed by atoms with Gasteiger partial charge in [0.2, 0.25) is 6.29 Å². The van der Waals surface area contributed by atoms with Gasteiger partial charge in [0, 0.05) is 6.92 Å². The summed E-state index contributed by atoms with van der Waals surface area (Å²) >= 11 is 0.936. The smallest absolute Gasteiger partial charge is 0.370 e. The third-order valence-corrected chi connectivity index (χ3v) is 1.61. The molecule has 0 fully saturated rings. The lowest BCUT2D eigenvalue weighted by molar-refractivity contribution is -0.167. The molecular formula is C8H14O4S. The quantitative estimate of drug-likeness (QED) is 0.522. The Morgan fingerprint density at radius 2 is 1.69 bits per heavy atom. The molecular weight excluding hydrogens is 192 g/mol. The number of rotatable bonds is 3. The van der Waals surface area contributed by atoms with E-state index in [1.54, 1.807) is 20.1 Å².